The van der Waals surface area contributed by atoms with Crippen LogP contribution < -0.4 is 5.73 Å². The number of rotatable bonds is 4. The van der Waals surface area contributed by atoms with Gasteiger partial charge >= 0.3 is 5.97 Å². The van der Waals surface area contributed by atoms with E-state index in [0.717, 1.165) is 11.1 Å². The summed E-state index contributed by atoms with van der Waals surface area (Å²) in [5, 5.41) is 0. The second kappa shape index (κ2) is 6.91. The van der Waals surface area contributed by atoms with Crippen molar-refractivity contribution < 1.29 is 8.62 Å². The number of anilines is 1. The largest absolute Gasteiger partial charge is 0.398 e. The molecular formula is C16H14BrNO2. The van der Waals surface area contributed by atoms with Crippen LogP contribution in [0, 0.1) is 0 Å². The first-order valence-corrected chi connectivity index (χ1v) is 6.79. The molecule has 2 aromatic rings. The molecular weight excluding hydrogens is 318 g/mol. The summed E-state index contributed by atoms with van der Waals surface area (Å²) in [6.45, 7) is 0. The minimum atomic E-state index is -0.489. The average molecular weight is 332 g/mol. The smallest absolute Gasteiger partial charge is 0.351 e. The molecule has 0 atom stereocenters. The van der Waals surface area contributed by atoms with Gasteiger partial charge in [-0.2, -0.15) is 0 Å². The van der Waals surface area contributed by atoms with Crippen molar-refractivity contribution in [1.82, 2.24) is 0 Å². The van der Waals surface area contributed by atoms with Crippen LogP contribution in [0.25, 0.3) is 6.08 Å². The third-order valence-electron chi connectivity index (χ3n) is 2.93. The topological polar surface area (TPSA) is 52.3 Å². The van der Waals surface area contributed by atoms with Gasteiger partial charge in [0.05, 0.1) is 5.56 Å². The highest BCUT2D eigenvalue weighted by Crippen LogP contribution is 2.20. The van der Waals surface area contributed by atoms with Crippen LogP contribution in [0.3, 0.4) is 0 Å². The van der Waals surface area contributed by atoms with Gasteiger partial charge in [0.2, 0.25) is 0 Å². The quantitative estimate of drug-likeness (QED) is 0.862. The molecule has 0 bridgehead atoms. The van der Waals surface area contributed by atoms with Gasteiger partial charge in [-0.3, -0.25) is 0 Å². The van der Waals surface area contributed by atoms with Crippen LogP contribution in [0.5, 0.6) is 0 Å². The van der Waals surface area contributed by atoms with E-state index in [1.807, 2.05) is 48.6 Å². The number of carbonyl (C=O) groups excluding carboxylic acids is 1. The van der Waals surface area contributed by atoms with Crippen LogP contribution in [0.1, 0.15) is 21.5 Å². The molecule has 102 valence electrons. The van der Waals surface area contributed by atoms with Crippen LogP contribution in [0.15, 0.2) is 54.6 Å². The Morgan fingerprint density at radius 2 is 1.90 bits per heavy atom. The molecule has 0 aliphatic carbocycles. The molecule has 2 N–H and O–H groups in total. The minimum absolute atomic E-state index is 0.368. The van der Waals surface area contributed by atoms with Crippen molar-refractivity contribution in [3.05, 3.63) is 71.3 Å². The van der Waals surface area contributed by atoms with E-state index < -0.39 is 5.97 Å². The van der Waals surface area contributed by atoms with Gasteiger partial charge in [0.25, 0.3) is 0 Å². The lowest BCUT2D eigenvalue weighted by atomic mass is 10.0. The number of carbonyl (C=O) groups is 1. The molecule has 2 aromatic carbocycles. The van der Waals surface area contributed by atoms with Gasteiger partial charge in [0.1, 0.15) is 0 Å². The lowest BCUT2D eigenvalue weighted by molar-refractivity contribution is 0.0783. The SMILES string of the molecule is Nc1c(CC=Cc2ccccc2)cccc1C(=O)OBr. The van der Waals surface area contributed by atoms with E-state index in [-0.39, 0.29) is 0 Å². The summed E-state index contributed by atoms with van der Waals surface area (Å²) in [5.41, 5.74) is 8.83. The zero-order valence-corrected chi connectivity index (χ0v) is 12.3. The molecule has 0 spiro atoms. The van der Waals surface area contributed by atoms with Crippen molar-refractivity contribution in [3.63, 3.8) is 0 Å². The first-order valence-electron chi connectivity index (χ1n) is 6.14. The second-order valence-electron chi connectivity index (χ2n) is 4.26. The van der Waals surface area contributed by atoms with E-state index in [9.17, 15) is 4.79 Å². The lowest BCUT2D eigenvalue weighted by Crippen LogP contribution is -2.05. The zero-order valence-electron chi connectivity index (χ0n) is 10.8. The van der Waals surface area contributed by atoms with Crippen molar-refractivity contribution in [2.24, 2.45) is 0 Å². The van der Waals surface area contributed by atoms with E-state index in [1.54, 1.807) is 12.1 Å². The number of para-hydroxylation sites is 1. The summed E-state index contributed by atoms with van der Waals surface area (Å²) >= 11 is 2.67. The molecule has 0 saturated heterocycles. The molecule has 2 rings (SSSR count). The van der Waals surface area contributed by atoms with Crippen LogP contribution in [-0.2, 0) is 10.2 Å². The highest BCUT2D eigenvalue weighted by Gasteiger charge is 2.12. The third kappa shape index (κ3) is 3.48. The maximum absolute atomic E-state index is 11.5. The fraction of sp³-hybridized carbons (Fsp3) is 0.0625. The molecule has 0 saturated carbocycles. The standard InChI is InChI=1S/C16H14BrNO2/c17-20-16(19)14-11-5-10-13(15(14)18)9-4-8-12-6-2-1-3-7-12/h1-8,10-11H,9,18H2. The molecule has 0 unspecified atom stereocenters. The number of benzene rings is 2. The van der Waals surface area contributed by atoms with Crippen LogP contribution in [0.2, 0.25) is 0 Å². The predicted octanol–water partition coefficient (Wildman–Crippen LogP) is 3.99. The van der Waals surface area contributed by atoms with Gasteiger partial charge in [0, 0.05) is 5.69 Å². The Morgan fingerprint density at radius 1 is 1.15 bits per heavy atom. The summed E-state index contributed by atoms with van der Waals surface area (Å²) in [6, 6.07) is 15.3. The van der Waals surface area contributed by atoms with Crippen molar-refractivity contribution in [2.45, 2.75) is 6.42 Å². The van der Waals surface area contributed by atoms with Gasteiger partial charge in [0.15, 0.2) is 16.3 Å². The Bertz CT molecular complexity index is 624. The highest BCUT2D eigenvalue weighted by molar-refractivity contribution is 9.06. The number of halogens is 1. The number of hydrogen-bond donors (Lipinski definition) is 1. The normalized spacial score (nSPS) is 10.7. The monoisotopic (exact) mass is 331 g/mol. The van der Waals surface area contributed by atoms with Gasteiger partial charge in [-0.1, -0.05) is 54.6 Å². The summed E-state index contributed by atoms with van der Waals surface area (Å²) in [7, 11) is 0. The van der Waals surface area contributed by atoms with Crippen LogP contribution in [-0.4, -0.2) is 5.97 Å². The van der Waals surface area contributed by atoms with Crippen molar-refractivity contribution in [1.29, 1.82) is 0 Å². The summed E-state index contributed by atoms with van der Waals surface area (Å²) in [4.78, 5) is 11.5. The first-order chi connectivity index (χ1) is 9.72. The van der Waals surface area contributed by atoms with E-state index in [1.165, 1.54) is 0 Å². The lowest BCUT2D eigenvalue weighted by Gasteiger charge is -2.07. The van der Waals surface area contributed by atoms with Gasteiger partial charge in [-0.15, -0.1) is 0 Å². The Balaban J connectivity index is 2.14. The number of nitrogens with two attached hydrogens (primary N) is 1. The summed E-state index contributed by atoms with van der Waals surface area (Å²) in [5.74, 6) is -0.489. The predicted molar refractivity (Wildman–Crippen MR) is 84.4 cm³/mol. The average Bonchev–Trinajstić information content (AvgIpc) is 2.49. The fourth-order valence-corrected chi connectivity index (χ4v) is 2.07. The van der Waals surface area contributed by atoms with Gasteiger partial charge in [-0.25, -0.2) is 4.79 Å². The van der Waals surface area contributed by atoms with Gasteiger partial charge < -0.3 is 9.56 Å². The Morgan fingerprint density at radius 3 is 2.60 bits per heavy atom. The second-order valence-corrected chi connectivity index (χ2v) is 4.58. The van der Waals surface area contributed by atoms with E-state index in [2.05, 4.69) is 20.1 Å². The van der Waals surface area contributed by atoms with Crippen LogP contribution >= 0.6 is 16.3 Å². The molecule has 0 amide bonds. The highest BCUT2D eigenvalue weighted by atomic mass is 79.9. The maximum Gasteiger partial charge on any atom is 0.351 e. The fourth-order valence-electron chi connectivity index (χ4n) is 1.90. The molecule has 0 aliphatic rings. The Hall–Kier alpha value is -2.07. The molecule has 0 fully saturated rings. The molecule has 20 heavy (non-hydrogen) atoms. The maximum atomic E-state index is 11.5. The van der Waals surface area contributed by atoms with Crippen molar-refractivity contribution in [2.75, 3.05) is 5.73 Å². The van der Waals surface area contributed by atoms with Crippen molar-refractivity contribution in [3.8, 4) is 0 Å². The number of hydrogen-bond acceptors (Lipinski definition) is 3. The summed E-state index contributed by atoms with van der Waals surface area (Å²) in [6.07, 6.45) is 4.70. The molecule has 0 heterocycles. The minimum Gasteiger partial charge on any atom is -0.398 e. The van der Waals surface area contributed by atoms with Crippen LogP contribution in [0.4, 0.5) is 5.69 Å². The van der Waals surface area contributed by atoms with Gasteiger partial charge in [-0.05, 0) is 23.6 Å². The first kappa shape index (κ1) is 14.3. The molecule has 0 radical (unpaired) electrons. The van der Waals surface area contributed by atoms with E-state index >= 15 is 0 Å². The molecule has 0 aromatic heterocycles. The Kier molecular flexibility index (Phi) is 4.96. The van der Waals surface area contributed by atoms with E-state index in [0.29, 0.717) is 17.7 Å². The number of nitrogen functional groups attached to an aromatic ring is 1. The zero-order chi connectivity index (χ0) is 14.4. The molecule has 4 heteroatoms. The van der Waals surface area contributed by atoms with Crippen molar-refractivity contribution >= 4 is 34.0 Å². The molecule has 0 aliphatic heterocycles. The third-order valence-corrected chi connectivity index (χ3v) is 3.23. The Labute approximate surface area is 126 Å². The summed E-state index contributed by atoms with van der Waals surface area (Å²) < 4.78 is 4.52. The van der Waals surface area contributed by atoms with E-state index in [4.69, 9.17) is 5.73 Å². The number of allylic oxidation sites excluding steroid dienone is 1. The molecule has 3 nitrogen and oxygen atoms in total.